The Hall–Kier alpha value is -2.81. The first-order chi connectivity index (χ1) is 11.7. The van der Waals surface area contributed by atoms with Crippen molar-refractivity contribution in [2.45, 2.75) is 32.2 Å². The van der Waals surface area contributed by atoms with Crippen LogP contribution in [0.5, 0.6) is 5.75 Å². The fourth-order valence-corrected chi connectivity index (χ4v) is 2.94. The summed E-state index contributed by atoms with van der Waals surface area (Å²) in [5.74, 6) is 1.32. The largest absolute Gasteiger partial charge is 0.484 e. The van der Waals surface area contributed by atoms with Crippen LogP contribution in [0.25, 0.3) is 0 Å². The van der Waals surface area contributed by atoms with Crippen LogP contribution in [0, 0.1) is 18.3 Å². The minimum Gasteiger partial charge on any atom is -0.484 e. The lowest BCUT2D eigenvalue weighted by Gasteiger charge is -2.23. The molecular weight excluding hydrogens is 306 g/mol. The van der Waals surface area contributed by atoms with Gasteiger partial charge in [-0.25, -0.2) is 0 Å². The third-order valence-corrected chi connectivity index (χ3v) is 4.13. The summed E-state index contributed by atoms with van der Waals surface area (Å²) >= 11 is 0. The van der Waals surface area contributed by atoms with Crippen LogP contribution in [-0.2, 0) is 11.2 Å². The summed E-state index contributed by atoms with van der Waals surface area (Å²) in [4.78, 5) is 14.3. The Kier molecular flexibility index (Phi) is 4.80. The van der Waals surface area contributed by atoms with Crippen molar-refractivity contribution in [3.63, 3.8) is 0 Å². The quantitative estimate of drug-likeness (QED) is 0.844. The smallest absolute Gasteiger partial charge is 0.261 e. The third-order valence-electron chi connectivity index (χ3n) is 4.13. The Morgan fingerprint density at radius 3 is 2.92 bits per heavy atom. The van der Waals surface area contributed by atoms with Crippen molar-refractivity contribution in [3.8, 4) is 11.8 Å². The van der Waals surface area contributed by atoms with E-state index in [1.54, 1.807) is 17.0 Å². The van der Waals surface area contributed by atoms with E-state index in [0.717, 1.165) is 29.9 Å². The number of carbonyl (C=O) groups is 1. The second-order valence-corrected chi connectivity index (χ2v) is 5.88. The van der Waals surface area contributed by atoms with E-state index < -0.39 is 0 Å². The number of hydrogen-bond donors (Lipinski definition) is 0. The third kappa shape index (κ3) is 3.57. The zero-order valence-electron chi connectivity index (χ0n) is 13.6. The monoisotopic (exact) mass is 325 g/mol. The van der Waals surface area contributed by atoms with Gasteiger partial charge in [-0.3, -0.25) is 4.79 Å². The number of carbonyl (C=O) groups excluding carboxylic acids is 1. The molecule has 2 heterocycles. The van der Waals surface area contributed by atoms with E-state index in [0.29, 0.717) is 18.7 Å². The zero-order valence-corrected chi connectivity index (χ0v) is 13.6. The van der Waals surface area contributed by atoms with Crippen molar-refractivity contribution in [1.82, 2.24) is 10.1 Å². The Morgan fingerprint density at radius 1 is 1.46 bits per heavy atom. The van der Waals surface area contributed by atoms with Crippen LogP contribution in [0.1, 0.15) is 35.9 Å². The molecule has 0 N–H and O–H groups in total. The van der Waals surface area contributed by atoms with Crippen LogP contribution in [0.3, 0.4) is 0 Å². The van der Waals surface area contributed by atoms with Crippen molar-refractivity contribution in [1.29, 1.82) is 5.26 Å². The first-order valence-corrected chi connectivity index (χ1v) is 7.99. The van der Waals surface area contributed by atoms with Crippen LogP contribution in [0.15, 0.2) is 34.9 Å². The average Bonchev–Trinajstić information content (AvgIpc) is 3.23. The number of nitrogens with zero attached hydrogens (tertiary/aromatic N) is 3. The Morgan fingerprint density at radius 2 is 2.25 bits per heavy atom. The lowest BCUT2D eigenvalue weighted by atomic mass is 10.1. The highest BCUT2D eigenvalue weighted by Gasteiger charge is 2.32. The zero-order chi connectivity index (χ0) is 16.9. The first kappa shape index (κ1) is 16.1. The highest BCUT2D eigenvalue weighted by Crippen LogP contribution is 2.31. The van der Waals surface area contributed by atoms with Crippen molar-refractivity contribution in [3.05, 3.63) is 47.3 Å². The van der Waals surface area contributed by atoms with Crippen LogP contribution in [0.4, 0.5) is 0 Å². The van der Waals surface area contributed by atoms with E-state index in [1.165, 1.54) is 0 Å². The molecule has 1 aromatic carbocycles. The van der Waals surface area contributed by atoms with Gasteiger partial charge in [-0.05, 0) is 37.5 Å². The number of ether oxygens (including phenoxy) is 1. The van der Waals surface area contributed by atoms with Crippen molar-refractivity contribution >= 4 is 5.91 Å². The molecule has 1 fully saturated rings. The molecule has 0 saturated carbocycles. The fraction of sp³-hybridized carbons (Fsp3) is 0.389. The maximum Gasteiger partial charge on any atom is 0.261 e. The van der Waals surface area contributed by atoms with Gasteiger partial charge in [-0.1, -0.05) is 17.3 Å². The Labute approximate surface area is 140 Å². The van der Waals surface area contributed by atoms with Gasteiger partial charge < -0.3 is 14.2 Å². The molecule has 1 aliphatic rings. The molecule has 6 heteroatoms. The minimum atomic E-state index is -0.0562. The number of aryl methyl sites for hydroxylation is 1. The number of rotatable bonds is 5. The lowest BCUT2D eigenvalue weighted by molar-refractivity contribution is -0.134. The Balaban J connectivity index is 1.59. The molecule has 124 valence electrons. The lowest BCUT2D eigenvalue weighted by Crippen LogP contribution is -2.34. The van der Waals surface area contributed by atoms with Crippen LogP contribution < -0.4 is 4.74 Å². The van der Waals surface area contributed by atoms with Gasteiger partial charge in [0.05, 0.1) is 18.5 Å². The van der Waals surface area contributed by atoms with E-state index in [9.17, 15) is 4.79 Å². The molecule has 0 spiro atoms. The second-order valence-electron chi connectivity index (χ2n) is 5.88. The highest BCUT2D eigenvalue weighted by atomic mass is 16.5. The minimum absolute atomic E-state index is 0.00900. The number of amides is 1. The van der Waals surface area contributed by atoms with E-state index >= 15 is 0 Å². The molecule has 0 radical (unpaired) electrons. The standard InChI is InChI=1S/C18H19N3O3/c1-13-11-16(20-24-13)17-3-2-10-21(17)18(22)12-23-15-6-4-14(5-7-15)8-9-19/h4-7,11,17H,2-3,8,10,12H2,1H3/t17-/m1/s1. The second kappa shape index (κ2) is 7.18. The molecular formula is C18H19N3O3. The number of nitriles is 1. The Bertz CT molecular complexity index is 746. The number of benzene rings is 1. The highest BCUT2D eigenvalue weighted by molar-refractivity contribution is 5.78. The average molecular weight is 325 g/mol. The number of aromatic nitrogens is 1. The molecule has 3 rings (SSSR count). The van der Waals surface area contributed by atoms with E-state index in [2.05, 4.69) is 11.2 Å². The molecule has 1 aromatic heterocycles. The summed E-state index contributed by atoms with van der Waals surface area (Å²) in [5, 5.41) is 12.7. The van der Waals surface area contributed by atoms with Crippen molar-refractivity contribution < 1.29 is 14.1 Å². The molecule has 24 heavy (non-hydrogen) atoms. The topological polar surface area (TPSA) is 79.4 Å². The maximum absolute atomic E-state index is 12.5. The maximum atomic E-state index is 12.5. The summed E-state index contributed by atoms with van der Waals surface area (Å²) < 4.78 is 10.7. The summed E-state index contributed by atoms with van der Waals surface area (Å²) in [6.07, 6.45) is 2.21. The molecule has 0 unspecified atom stereocenters. The predicted octanol–water partition coefficient (Wildman–Crippen LogP) is 2.79. The normalized spacial score (nSPS) is 16.8. The van der Waals surface area contributed by atoms with Crippen LogP contribution >= 0.6 is 0 Å². The fourth-order valence-electron chi connectivity index (χ4n) is 2.94. The molecule has 1 atom stereocenters. The molecule has 1 amide bonds. The molecule has 1 aliphatic heterocycles. The van der Waals surface area contributed by atoms with Gasteiger partial charge >= 0.3 is 0 Å². The summed E-state index contributed by atoms with van der Waals surface area (Å²) in [5.41, 5.74) is 1.73. The van der Waals surface area contributed by atoms with Gasteiger partial charge in [-0.15, -0.1) is 0 Å². The van der Waals surface area contributed by atoms with Gasteiger partial charge in [-0.2, -0.15) is 5.26 Å². The predicted molar refractivity (Wildman–Crippen MR) is 86.2 cm³/mol. The molecule has 0 aliphatic carbocycles. The SMILES string of the molecule is Cc1cc([C@H]2CCCN2C(=O)COc2ccc(CC#N)cc2)no1. The van der Waals surface area contributed by atoms with Crippen molar-refractivity contribution in [2.24, 2.45) is 0 Å². The van der Waals surface area contributed by atoms with Gasteiger partial charge in [0, 0.05) is 12.6 Å². The summed E-state index contributed by atoms with van der Waals surface area (Å²) in [6, 6.07) is 11.2. The molecule has 2 aromatic rings. The summed E-state index contributed by atoms with van der Waals surface area (Å²) in [7, 11) is 0. The van der Waals surface area contributed by atoms with E-state index in [1.807, 2.05) is 25.1 Å². The first-order valence-electron chi connectivity index (χ1n) is 7.99. The number of hydrogen-bond acceptors (Lipinski definition) is 5. The molecule has 1 saturated heterocycles. The van der Waals surface area contributed by atoms with E-state index in [-0.39, 0.29) is 18.6 Å². The van der Waals surface area contributed by atoms with Crippen molar-refractivity contribution in [2.75, 3.05) is 13.2 Å². The van der Waals surface area contributed by atoms with Crippen LogP contribution in [0.2, 0.25) is 0 Å². The van der Waals surface area contributed by atoms with E-state index in [4.69, 9.17) is 14.5 Å². The van der Waals surface area contributed by atoms with Gasteiger partial charge in [0.1, 0.15) is 17.2 Å². The molecule has 6 nitrogen and oxygen atoms in total. The number of likely N-dealkylation sites (tertiary alicyclic amines) is 1. The summed E-state index contributed by atoms with van der Waals surface area (Å²) in [6.45, 7) is 2.54. The van der Waals surface area contributed by atoms with Gasteiger partial charge in [0.2, 0.25) is 0 Å². The van der Waals surface area contributed by atoms with Gasteiger partial charge in [0.25, 0.3) is 5.91 Å². The molecule has 0 bridgehead atoms. The van der Waals surface area contributed by atoms with Crippen LogP contribution in [-0.4, -0.2) is 29.1 Å². The van der Waals surface area contributed by atoms with Gasteiger partial charge in [0.15, 0.2) is 6.61 Å².